The number of para-hydroxylation sites is 1. The molecule has 0 aromatic heterocycles. The van der Waals surface area contributed by atoms with Gasteiger partial charge in [-0.1, -0.05) is 92.2 Å². The third kappa shape index (κ3) is 7.77. The zero-order valence-corrected chi connectivity index (χ0v) is 20.2. The molecule has 34 heavy (non-hydrogen) atoms. The third-order valence-electron chi connectivity index (χ3n) is 5.53. The predicted molar refractivity (Wildman–Crippen MR) is 135 cm³/mol. The van der Waals surface area contributed by atoms with Crippen LogP contribution < -0.4 is 10.1 Å². The molecule has 0 saturated heterocycles. The zero-order chi connectivity index (χ0) is 24.3. The van der Waals surface area contributed by atoms with Crippen LogP contribution in [-0.2, 0) is 22.6 Å². The summed E-state index contributed by atoms with van der Waals surface area (Å²) in [6, 6.07) is 26.4. The Morgan fingerprint density at radius 2 is 1.47 bits per heavy atom. The molecule has 178 valence electrons. The fraction of sp³-hybridized carbons (Fsp3) is 0.310. The molecule has 0 aliphatic carbocycles. The second-order valence-corrected chi connectivity index (χ2v) is 8.95. The van der Waals surface area contributed by atoms with Gasteiger partial charge in [0.15, 0.2) is 6.61 Å². The van der Waals surface area contributed by atoms with Gasteiger partial charge in [-0.3, -0.25) is 9.59 Å². The molecule has 0 aliphatic rings. The lowest BCUT2D eigenvalue weighted by Gasteiger charge is -2.31. The van der Waals surface area contributed by atoms with Crippen LogP contribution in [0.3, 0.4) is 0 Å². The molecule has 5 nitrogen and oxygen atoms in total. The number of nitrogens with one attached hydrogen (secondary N) is 1. The van der Waals surface area contributed by atoms with E-state index in [1.807, 2.05) is 91.9 Å². The van der Waals surface area contributed by atoms with Crippen LogP contribution in [-0.4, -0.2) is 35.9 Å². The minimum absolute atomic E-state index is 0.140. The van der Waals surface area contributed by atoms with Gasteiger partial charge in [-0.05, 0) is 36.1 Å². The van der Waals surface area contributed by atoms with Crippen molar-refractivity contribution in [1.82, 2.24) is 10.2 Å². The Balaban J connectivity index is 1.88. The van der Waals surface area contributed by atoms with E-state index in [0.29, 0.717) is 31.2 Å². The molecular weight excluding hydrogens is 424 g/mol. The van der Waals surface area contributed by atoms with E-state index in [9.17, 15) is 9.59 Å². The number of aryl methyl sites for hydroxylation is 1. The molecule has 0 saturated carbocycles. The van der Waals surface area contributed by atoms with Crippen LogP contribution in [0.2, 0.25) is 0 Å². The molecule has 0 heterocycles. The Morgan fingerprint density at radius 3 is 2.09 bits per heavy atom. The summed E-state index contributed by atoms with van der Waals surface area (Å²) < 4.78 is 5.76. The van der Waals surface area contributed by atoms with Crippen LogP contribution in [0.1, 0.15) is 30.5 Å². The van der Waals surface area contributed by atoms with E-state index in [4.69, 9.17) is 4.74 Å². The molecule has 0 aliphatic heterocycles. The lowest BCUT2D eigenvalue weighted by atomic mass is 10.0. The van der Waals surface area contributed by atoms with Crippen molar-refractivity contribution in [3.8, 4) is 5.75 Å². The summed E-state index contributed by atoms with van der Waals surface area (Å²) in [5.41, 5.74) is 3.11. The molecule has 3 rings (SSSR count). The van der Waals surface area contributed by atoms with Crippen molar-refractivity contribution in [2.45, 2.75) is 39.8 Å². The van der Waals surface area contributed by atoms with E-state index in [1.165, 1.54) is 0 Å². The summed E-state index contributed by atoms with van der Waals surface area (Å²) in [7, 11) is 0. The van der Waals surface area contributed by atoms with Crippen molar-refractivity contribution in [3.05, 3.63) is 102 Å². The van der Waals surface area contributed by atoms with Gasteiger partial charge in [0, 0.05) is 19.5 Å². The SMILES string of the molecule is Cc1ccc(CN(C(=O)COc2ccccc2)[C@@H](Cc2ccccc2)C(=O)NCC(C)C)cc1. The number of hydrogen-bond donors (Lipinski definition) is 1. The fourth-order valence-corrected chi connectivity index (χ4v) is 3.61. The smallest absolute Gasteiger partial charge is 0.261 e. The molecule has 1 atom stereocenters. The third-order valence-corrected chi connectivity index (χ3v) is 5.53. The van der Waals surface area contributed by atoms with E-state index >= 15 is 0 Å². The van der Waals surface area contributed by atoms with E-state index in [1.54, 1.807) is 4.90 Å². The molecule has 2 amide bonds. The Kier molecular flexibility index (Phi) is 9.27. The molecule has 0 fully saturated rings. The maximum Gasteiger partial charge on any atom is 0.261 e. The zero-order valence-electron chi connectivity index (χ0n) is 20.2. The average molecular weight is 459 g/mol. The highest BCUT2D eigenvalue weighted by atomic mass is 16.5. The van der Waals surface area contributed by atoms with Gasteiger partial charge in [-0.25, -0.2) is 0 Å². The van der Waals surface area contributed by atoms with Crippen LogP contribution in [0.5, 0.6) is 5.75 Å². The van der Waals surface area contributed by atoms with Crippen molar-refractivity contribution in [3.63, 3.8) is 0 Å². The van der Waals surface area contributed by atoms with Gasteiger partial charge in [0.1, 0.15) is 11.8 Å². The predicted octanol–water partition coefficient (Wildman–Crippen LogP) is 4.79. The minimum atomic E-state index is -0.658. The number of hydrogen-bond acceptors (Lipinski definition) is 3. The van der Waals surface area contributed by atoms with E-state index in [2.05, 4.69) is 19.2 Å². The molecule has 0 unspecified atom stereocenters. The maximum atomic E-state index is 13.5. The molecule has 0 bridgehead atoms. The Morgan fingerprint density at radius 1 is 0.853 bits per heavy atom. The molecule has 0 radical (unpaired) electrons. The van der Waals surface area contributed by atoms with E-state index < -0.39 is 6.04 Å². The molecular formula is C29H34N2O3. The van der Waals surface area contributed by atoms with Crippen LogP contribution in [0.25, 0.3) is 0 Å². The van der Waals surface area contributed by atoms with Crippen molar-refractivity contribution in [2.75, 3.05) is 13.2 Å². The lowest BCUT2D eigenvalue weighted by Crippen LogP contribution is -2.52. The first-order chi connectivity index (χ1) is 16.4. The van der Waals surface area contributed by atoms with Gasteiger partial charge in [-0.2, -0.15) is 0 Å². The number of rotatable bonds is 11. The Hall–Kier alpha value is -3.60. The van der Waals surface area contributed by atoms with Gasteiger partial charge in [0.05, 0.1) is 0 Å². The lowest BCUT2D eigenvalue weighted by molar-refractivity contribution is -0.142. The standard InChI is InChI=1S/C29H34N2O3/c1-22(2)19-30-29(33)27(18-24-10-6-4-7-11-24)31(20-25-16-14-23(3)15-17-25)28(32)21-34-26-12-8-5-9-13-26/h4-17,22,27H,18-21H2,1-3H3,(H,30,33)/t27-/m0/s1. The van der Waals surface area contributed by atoms with Gasteiger partial charge in [0.2, 0.25) is 5.91 Å². The van der Waals surface area contributed by atoms with Crippen molar-refractivity contribution < 1.29 is 14.3 Å². The van der Waals surface area contributed by atoms with Crippen molar-refractivity contribution in [2.24, 2.45) is 5.92 Å². The largest absolute Gasteiger partial charge is 0.484 e. The number of carbonyl (C=O) groups is 2. The highest BCUT2D eigenvalue weighted by molar-refractivity contribution is 5.88. The van der Waals surface area contributed by atoms with Gasteiger partial charge < -0.3 is 15.0 Å². The number of ether oxygens (including phenoxy) is 1. The first kappa shape index (κ1) is 25.0. The summed E-state index contributed by atoms with van der Waals surface area (Å²) in [6.07, 6.45) is 0.424. The Bertz CT molecular complexity index is 1030. The normalized spacial score (nSPS) is 11.6. The fourth-order valence-electron chi connectivity index (χ4n) is 3.61. The van der Waals surface area contributed by atoms with Crippen molar-refractivity contribution in [1.29, 1.82) is 0 Å². The topological polar surface area (TPSA) is 58.6 Å². The highest BCUT2D eigenvalue weighted by Gasteiger charge is 2.30. The summed E-state index contributed by atoms with van der Waals surface area (Å²) in [4.78, 5) is 28.5. The minimum Gasteiger partial charge on any atom is -0.484 e. The number of carbonyl (C=O) groups excluding carboxylic acids is 2. The molecule has 0 spiro atoms. The quantitative estimate of drug-likeness (QED) is 0.450. The Labute approximate surface area is 202 Å². The highest BCUT2D eigenvalue weighted by Crippen LogP contribution is 2.17. The number of benzene rings is 3. The van der Waals surface area contributed by atoms with Crippen LogP contribution in [0, 0.1) is 12.8 Å². The number of amides is 2. The monoisotopic (exact) mass is 458 g/mol. The number of nitrogens with zero attached hydrogens (tertiary/aromatic N) is 1. The summed E-state index contributed by atoms with van der Waals surface area (Å²) in [6.45, 7) is 6.86. The van der Waals surface area contributed by atoms with E-state index in [-0.39, 0.29) is 18.4 Å². The van der Waals surface area contributed by atoms with Crippen LogP contribution in [0.4, 0.5) is 0 Å². The molecule has 5 heteroatoms. The maximum absolute atomic E-state index is 13.5. The average Bonchev–Trinajstić information content (AvgIpc) is 2.85. The summed E-state index contributed by atoms with van der Waals surface area (Å²) >= 11 is 0. The summed E-state index contributed by atoms with van der Waals surface area (Å²) in [5, 5.41) is 3.03. The second kappa shape index (κ2) is 12.6. The summed E-state index contributed by atoms with van der Waals surface area (Å²) in [5.74, 6) is 0.543. The molecule has 3 aromatic carbocycles. The second-order valence-electron chi connectivity index (χ2n) is 8.95. The van der Waals surface area contributed by atoms with Crippen molar-refractivity contribution >= 4 is 11.8 Å². The van der Waals surface area contributed by atoms with Gasteiger partial charge >= 0.3 is 0 Å². The van der Waals surface area contributed by atoms with Crippen LogP contribution >= 0.6 is 0 Å². The van der Waals surface area contributed by atoms with E-state index in [0.717, 1.165) is 16.7 Å². The molecule has 3 aromatic rings. The first-order valence-electron chi connectivity index (χ1n) is 11.8. The first-order valence-corrected chi connectivity index (χ1v) is 11.8. The van der Waals surface area contributed by atoms with Crippen LogP contribution in [0.15, 0.2) is 84.9 Å². The van der Waals surface area contributed by atoms with Gasteiger partial charge in [0.25, 0.3) is 5.91 Å². The van der Waals surface area contributed by atoms with Gasteiger partial charge in [-0.15, -0.1) is 0 Å². The molecule has 1 N–H and O–H groups in total.